The van der Waals surface area contributed by atoms with Gasteiger partial charge in [-0.15, -0.1) is 0 Å². The average Bonchev–Trinajstić information content (AvgIpc) is 3.06. The number of aryl methyl sites for hydroxylation is 1. The Morgan fingerprint density at radius 2 is 1.09 bits per heavy atom. The van der Waals surface area contributed by atoms with Gasteiger partial charge in [0, 0.05) is 14.5 Å². The van der Waals surface area contributed by atoms with Crippen molar-refractivity contribution < 1.29 is 38.0 Å². The molecule has 0 spiro atoms. The molecule has 0 saturated carbocycles. The number of benzene rings is 4. The number of esters is 2. The van der Waals surface area contributed by atoms with Gasteiger partial charge in [0.25, 0.3) is 0 Å². The van der Waals surface area contributed by atoms with Crippen molar-refractivity contribution in [1.29, 1.82) is 0 Å². The quantitative estimate of drug-likeness (QED) is 0.119. The van der Waals surface area contributed by atoms with Crippen LogP contribution >= 0.6 is 31.9 Å². The molecule has 0 fully saturated rings. The van der Waals surface area contributed by atoms with E-state index < -0.39 is 24.1 Å². The van der Waals surface area contributed by atoms with Crippen LogP contribution in [0.25, 0.3) is 0 Å². The van der Waals surface area contributed by atoms with Gasteiger partial charge in [0.2, 0.25) is 0 Å². The maximum absolute atomic E-state index is 13.5. The fraction of sp³-hybridized carbons (Fsp3) is 0.257. The molecular weight excluding hydrogens is 708 g/mol. The lowest BCUT2D eigenvalue weighted by Crippen LogP contribution is -2.30. The number of rotatable bonds is 14. The standard InChI is InChI=1S/C35H34Br2O8/c1-40-28-18-8-22(20-31(28)42-3)6-5-7-30(44-34(38)23-9-14-26(36)15-10-23)33(25-13-19-29(41-2)32(21-25)43-4)45-35(39)24-11-16-27(37)17-12-24/h8-21,30,33H,5-7H2,1-4H3/t30-,33+/m0/s1. The van der Waals surface area contributed by atoms with E-state index in [1.54, 1.807) is 88.1 Å². The van der Waals surface area contributed by atoms with Crippen molar-refractivity contribution >= 4 is 43.8 Å². The van der Waals surface area contributed by atoms with Crippen LogP contribution in [0.5, 0.6) is 23.0 Å². The third-order valence-electron chi connectivity index (χ3n) is 7.13. The number of halogens is 2. The van der Waals surface area contributed by atoms with Crippen molar-refractivity contribution in [3.05, 3.63) is 116 Å². The van der Waals surface area contributed by atoms with Crippen LogP contribution < -0.4 is 18.9 Å². The van der Waals surface area contributed by atoms with Crippen LogP contribution in [-0.4, -0.2) is 46.5 Å². The summed E-state index contributed by atoms with van der Waals surface area (Å²) in [5, 5.41) is 0. The fourth-order valence-corrected chi connectivity index (χ4v) is 5.29. The molecule has 0 unspecified atom stereocenters. The highest BCUT2D eigenvalue weighted by atomic mass is 79.9. The van der Waals surface area contributed by atoms with Gasteiger partial charge in [0.05, 0.1) is 39.6 Å². The van der Waals surface area contributed by atoms with Crippen molar-refractivity contribution in [2.75, 3.05) is 28.4 Å². The molecular formula is C35H34Br2O8. The van der Waals surface area contributed by atoms with Crippen molar-refractivity contribution in [3.8, 4) is 23.0 Å². The first-order valence-corrected chi connectivity index (χ1v) is 15.7. The molecule has 0 aliphatic heterocycles. The molecule has 4 aromatic rings. The van der Waals surface area contributed by atoms with E-state index in [0.717, 1.165) is 14.5 Å². The molecule has 2 atom stereocenters. The summed E-state index contributed by atoms with van der Waals surface area (Å²) in [5.74, 6) is 1.12. The summed E-state index contributed by atoms with van der Waals surface area (Å²) in [6.07, 6.45) is -0.188. The Kier molecular flexibility index (Phi) is 12.3. The lowest BCUT2D eigenvalue weighted by atomic mass is 9.97. The van der Waals surface area contributed by atoms with Crippen LogP contribution in [0.3, 0.4) is 0 Å². The van der Waals surface area contributed by atoms with Crippen LogP contribution in [0.1, 0.15) is 50.8 Å². The van der Waals surface area contributed by atoms with E-state index in [4.69, 9.17) is 28.4 Å². The zero-order valence-electron chi connectivity index (χ0n) is 25.4. The molecule has 0 aromatic heterocycles. The molecule has 10 heteroatoms. The number of hydrogen-bond donors (Lipinski definition) is 0. The third-order valence-corrected chi connectivity index (χ3v) is 8.19. The maximum Gasteiger partial charge on any atom is 0.338 e. The molecule has 4 aromatic carbocycles. The monoisotopic (exact) mass is 740 g/mol. The number of carbonyl (C=O) groups is 2. The van der Waals surface area contributed by atoms with E-state index in [9.17, 15) is 9.59 Å². The number of ether oxygens (including phenoxy) is 6. The highest BCUT2D eigenvalue weighted by molar-refractivity contribution is 9.10. The van der Waals surface area contributed by atoms with Crippen molar-refractivity contribution in [1.82, 2.24) is 0 Å². The Bertz CT molecular complexity index is 1590. The van der Waals surface area contributed by atoms with Crippen LogP contribution in [0, 0.1) is 0 Å². The van der Waals surface area contributed by atoms with Gasteiger partial charge in [-0.2, -0.15) is 0 Å². The summed E-state index contributed by atoms with van der Waals surface area (Å²) < 4.78 is 35.8. The Hall–Kier alpha value is -4.02. The van der Waals surface area contributed by atoms with Gasteiger partial charge in [0.1, 0.15) is 6.10 Å². The van der Waals surface area contributed by atoms with Gasteiger partial charge in [-0.1, -0.05) is 44.0 Å². The zero-order chi connectivity index (χ0) is 32.3. The molecule has 0 amide bonds. The smallest absolute Gasteiger partial charge is 0.338 e. The molecule has 0 aliphatic rings. The fourth-order valence-electron chi connectivity index (χ4n) is 4.76. The summed E-state index contributed by atoms with van der Waals surface area (Å²) in [7, 11) is 6.25. The predicted octanol–water partition coefficient (Wildman–Crippen LogP) is 8.39. The van der Waals surface area contributed by atoms with Crippen molar-refractivity contribution in [3.63, 3.8) is 0 Å². The number of carbonyl (C=O) groups excluding carboxylic acids is 2. The Morgan fingerprint density at radius 3 is 1.62 bits per heavy atom. The summed E-state index contributed by atoms with van der Waals surface area (Å²) in [6, 6.07) is 24.7. The lowest BCUT2D eigenvalue weighted by molar-refractivity contribution is -0.0405. The number of hydrogen-bond acceptors (Lipinski definition) is 8. The zero-order valence-corrected chi connectivity index (χ0v) is 28.6. The normalized spacial score (nSPS) is 12.0. The minimum Gasteiger partial charge on any atom is -0.493 e. The van der Waals surface area contributed by atoms with Gasteiger partial charge < -0.3 is 28.4 Å². The molecule has 0 radical (unpaired) electrons. The molecule has 0 N–H and O–H groups in total. The van der Waals surface area contributed by atoms with Gasteiger partial charge in [-0.3, -0.25) is 0 Å². The van der Waals surface area contributed by atoms with E-state index in [0.29, 0.717) is 59.0 Å². The highest BCUT2D eigenvalue weighted by Crippen LogP contribution is 2.36. The Balaban J connectivity index is 1.69. The van der Waals surface area contributed by atoms with E-state index in [2.05, 4.69) is 31.9 Å². The van der Waals surface area contributed by atoms with Gasteiger partial charge in [-0.05, 0) is 97.6 Å². The predicted molar refractivity (Wildman–Crippen MR) is 178 cm³/mol. The van der Waals surface area contributed by atoms with Gasteiger partial charge in [0.15, 0.2) is 29.1 Å². The lowest BCUT2D eigenvalue weighted by Gasteiger charge is -2.28. The van der Waals surface area contributed by atoms with Crippen LogP contribution in [0.2, 0.25) is 0 Å². The molecule has 0 heterocycles. The summed E-state index contributed by atoms with van der Waals surface area (Å²) in [6.45, 7) is 0. The molecule has 236 valence electrons. The van der Waals surface area contributed by atoms with Crippen LogP contribution in [0.4, 0.5) is 0 Å². The van der Waals surface area contributed by atoms with Gasteiger partial charge in [-0.25, -0.2) is 9.59 Å². The second-order valence-corrected chi connectivity index (χ2v) is 11.8. The maximum atomic E-state index is 13.5. The second-order valence-electron chi connectivity index (χ2n) is 9.98. The van der Waals surface area contributed by atoms with Crippen LogP contribution in [0.15, 0.2) is 93.9 Å². The molecule has 0 bridgehead atoms. The third kappa shape index (κ3) is 9.02. The highest BCUT2D eigenvalue weighted by Gasteiger charge is 2.32. The number of methoxy groups -OCH3 is 4. The first-order valence-electron chi connectivity index (χ1n) is 14.1. The van der Waals surface area contributed by atoms with E-state index >= 15 is 0 Å². The van der Waals surface area contributed by atoms with Crippen LogP contribution in [-0.2, 0) is 15.9 Å². The van der Waals surface area contributed by atoms with E-state index in [-0.39, 0.29) is 0 Å². The Morgan fingerprint density at radius 1 is 0.600 bits per heavy atom. The summed E-state index contributed by atoms with van der Waals surface area (Å²) in [5.41, 5.74) is 2.32. The SMILES string of the molecule is COc1ccc(CCC[C@H](OC(=O)c2ccc(Br)cc2)[C@H](OC(=O)c2ccc(Br)cc2)c2ccc(OC)c(OC)c2)cc1OC. The van der Waals surface area contributed by atoms with Crippen molar-refractivity contribution in [2.45, 2.75) is 31.5 Å². The summed E-state index contributed by atoms with van der Waals surface area (Å²) >= 11 is 6.80. The molecule has 45 heavy (non-hydrogen) atoms. The molecule has 0 saturated heterocycles. The minimum atomic E-state index is -0.967. The average molecular weight is 742 g/mol. The van der Waals surface area contributed by atoms with E-state index in [1.807, 2.05) is 18.2 Å². The first kappa shape index (κ1) is 33.9. The topological polar surface area (TPSA) is 89.5 Å². The molecule has 4 rings (SSSR count). The van der Waals surface area contributed by atoms with E-state index in [1.165, 1.54) is 7.11 Å². The van der Waals surface area contributed by atoms with Gasteiger partial charge >= 0.3 is 11.9 Å². The van der Waals surface area contributed by atoms with Crippen molar-refractivity contribution in [2.24, 2.45) is 0 Å². The molecule has 8 nitrogen and oxygen atoms in total. The first-order chi connectivity index (χ1) is 21.8. The molecule has 0 aliphatic carbocycles. The summed E-state index contributed by atoms with van der Waals surface area (Å²) in [4.78, 5) is 26.9. The minimum absolute atomic E-state index is 0.354. The largest absolute Gasteiger partial charge is 0.493 e. The Labute approximate surface area is 279 Å². The second kappa shape index (κ2) is 16.3.